The molecule has 2 aliphatic rings. The molecule has 1 N–H and O–H groups in total. The second-order valence-electron chi connectivity index (χ2n) is 6.03. The molecule has 1 atom stereocenters. The van der Waals surface area contributed by atoms with Gasteiger partial charge in [-0.3, -0.25) is 4.79 Å². The van der Waals surface area contributed by atoms with E-state index >= 15 is 0 Å². The van der Waals surface area contributed by atoms with Crippen LogP contribution in [-0.2, 0) is 19.7 Å². The van der Waals surface area contributed by atoms with Gasteiger partial charge < -0.3 is 9.84 Å². The van der Waals surface area contributed by atoms with E-state index in [1.165, 1.54) is 8.61 Å². The fraction of sp³-hybridized carbons (Fsp3) is 0.667. The number of ether oxygens (including phenoxy) is 1. The summed E-state index contributed by atoms with van der Waals surface area (Å²) in [7, 11) is -3.57. The maximum Gasteiger partial charge on any atom is 0.308 e. The molecule has 0 aromatic carbocycles. The Morgan fingerprint density at radius 1 is 1.30 bits per heavy atom. The zero-order valence-corrected chi connectivity index (χ0v) is 14.0. The van der Waals surface area contributed by atoms with Crippen LogP contribution in [0.15, 0.2) is 25.3 Å². The third-order valence-electron chi connectivity index (χ3n) is 4.51. The molecule has 23 heavy (non-hydrogen) atoms. The highest BCUT2D eigenvalue weighted by molar-refractivity contribution is 7.86. The van der Waals surface area contributed by atoms with Gasteiger partial charge in [0.05, 0.1) is 18.1 Å². The van der Waals surface area contributed by atoms with Crippen molar-refractivity contribution < 1.29 is 23.1 Å². The normalized spacial score (nSPS) is 24.8. The summed E-state index contributed by atoms with van der Waals surface area (Å²) in [5.41, 5.74) is -0.489. The predicted octanol–water partition coefficient (Wildman–Crippen LogP) is 0.861. The van der Waals surface area contributed by atoms with Crippen LogP contribution in [0.1, 0.15) is 19.3 Å². The number of hydrogen-bond acceptors (Lipinski definition) is 4. The van der Waals surface area contributed by atoms with Gasteiger partial charge in [-0.25, -0.2) is 0 Å². The molecule has 0 saturated carbocycles. The van der Waals surface area contributed by atoms with E-state index in [-0.39, 0.29) is 19.7 Å². The summed E-state index contributed by atoms with van der Waals surface area (Å²) in [6.07, 6.45) is 4.59. The van der Waals surface area contributed by atoms with Gasteiger partial charge in [-0.2, -0.15) is 17.0 Å². The number of carboxylic acids is 1. The number of nitrogens with zero attached hydrogens (tertiary/aromatic N) is 2. The molecule has 1 spiro atoms. The Morgan fingerprint density at radius 3 is 2.30 bits per heavy atom. The molecule has 1 unspecified atom stereocenters. The van der Waals surface area contributed by atoms with Crippen molar-refractivity contribution in [2.45, 2.75) is 24.9 Å². The highest BCUT2D eigenvalue weighted by Gasteiger charge is 2.47. The number of carboxylic acid groups (broad SMARTS) is 1. The highest BCUT2D eigenvalue weighted by Crippen LogP contribution is 2.39. The second-order valence-corrected chi connectivity index (χ2v) is 7.96. The molecule has 7 nitrogen and oxygen atoms in total. The van der Waals surface area contributed by atoms with Gasteiger partial charge in [0.2, 0.25) is 0 Å². The van der Waals surface area contributed by atoms with E-state index in [9.17, 15) is 13.2 Å². The van der Waals surface area contributed by atoms with Gasteiger partial charge in [0, 0.05) is 26.2 Å². The zero-order chi connectivity index (χ0) is 17.1. The van der Waals surface area contributed by atoms with Gasteiger partial charge in [0.1, 0.15) is 0 Å². The molecule has 130 valence electrons. The Labute approximate surface area is 137 Å². The van der Waals surface area contributed by atoms with E-state index < -0.39 is 27.7 Å². The van der Waals surface area contributed by atoms with E-state index in [1.54, 1.807) is 12.2 Å². The lowest BCUT2D eigenvalue weighted by molar-refractivity contribution is -0.141. The molecule has 2 fully saturated rings. The number of piperidine rings is 1. The van der Waals surface area contributed by atoms with Crippen molar-refractivity contribution in [3.63, 3.8) is 0 Å². The first-order valence-electron chi connectivity index (χ1n) is 7.68. The van der Waals surface area contributed by atoms with Crippen molar-refractivity contribution in [3.05, 3.63) is 25.3 Å². The Balaban J connectivity index is 2.02. The molecule has 0 aliphatic carbocycles. The number of aliphatic carboxylic acids is 1. The fourth-order valence-corrected chi connectivity index (χ4v) is 4.75. The van der Waals surface area contributed by atoms with Crippen LogP contribution in [0.25, 0.3) is 0 Å². The van der Waals surface area contributed by atoms with Crippen LogP contribution in [0.5, 0.6) is 0 Å². The van der Waals surface area contributed by atoms with Crippen LogP contribution in [0.3, 0.4) is 0 Å². The van der Waals surface area contributed by atoms with E-state index in [0.717, 1.165) is 0 Å². The minimum Gasteiger partial charge on any atom is -0.481 e. The Bertz CT molecular complexity index is 556. The zero-order valence-electron chi connectivity index (χ0n) is 13.2. The van der Waals surface area contributed by atoms with Gasteiger partial charge in [-0.1, -0.05) is 12.2 Å². The Hall–Kier alpha value is -1.22. The third-order valence-corrected chi connectivity index (χ3v) is 6.48. The van der Waals surface area contributed by atoms with Crippen molar-refractivity contribution in [1.29, 1.82) is 0 Å². The molecule has 2 aliphatic heterocycles. The number of carbonyl (C=O) groups is 1. The molecule has 0 amide bonds. The van der Waals surface area contributed by atoms with Gasteiger partial charge in [0.25, 0.3) is 10.2 Å². The monoisotopic (exact) mass is 344 g/mol. The summed E-state index contributed by atoms with van der Waals surface area (Å²) in [6.45, 7) is 8.51. The van der Waals surface area contributed by atoms with Gasteiger partial charge in [0.15, 0.2) is 0 Å². The van der Waals surface area contributed by atoms with Crippen LogP contribution in [0, 0.1) is 5.92 Å². The summed E-state index contributed by atoms with van der Waals surface area (Å²) >= 11 is 0. The molecular weight excluding hydrogens is 320 g/mol. The lowest BCUT2D eigenvalue weighted by Crippen LogP contribution is -2.51. The summed E-state index contributed by atoms with van der Waals surface area (Å²) in [5.74, 6) is -1.34. The Morgan fingerprint density at radius 2 is 1.87 bits per heavy atom. The summed E-state index contributed by atoms with van der Waals surface area (Å²) < 4.78 is 33.8. The smallest absolute Gasteiger partial charge is 0.308 e. The first kappa shape index (κ1) is 18.1. The number of hydrogen-bond donors (Lipinski definition) is 1. The first-order valence-corrected chi connectivity index (χ1v) is 9.08. The highest BCUT2D eigenvalue weighted by atomic mass is 32.2. The van der Waals surface area contributed by atoms with Gasteiger partial charge >= 0.3 is 5.97 Å². The molecule has 8 heteroatoms. The van der Waals surface area contributed by atoms with Gasteiger partial charge in [-0.05, 0) is 19.3 Å². The SMILES string of the molecule is C=CCN(CC=C)S(=O)(=O)N1CCC2(CC1)CC(C(=O)O)CO2. The van der Waals surface area contributed by atoms with Crippen LogP contribution < -0.4 is 0 Å². The molecule has 0 radical (unpaired) electrons. The Kier molecular flexibility index (Phi) is 5.61. The fourth-order valence-electron chi connectivity index (χ4n) is 3.19. The van der Waals surface area contributed by atoms with Crippen molar-refractivity contribution in [2.75, 3.05) is 32.8 Å². The van der Waals surface area contributed by atoms with Crippen molar-refractivity contribution in [3.8, 4) is 0 Å². The van der Waals surface area contributed by atoms with Gasteiger partial charge in [-0.15, -0.1) is 13.2 Å². The minimum absolute atomic E-state index is 0.209. The van der Waals surface area contributed by atoms with Crippen LogP contribution >= 0.6 is 0 Å². The van der Waals surface area contributed by atoms with E-state index in [4.69, 9.17) is 9.84 Å². The lowest BCUT2D eigenvalue weighted by Gasteiger charge is -2.39. The molecule has 0 bridgehead atoms. The quantitative estimate of drug-likeness (QED) is 0.692. The number of rotatable bonds is 7. The third kappa shape index (κ3) is 3.82. The average Bonchev–Trinajstić information content (AvgIpc) is 2.91. The largest absolute Gasteiger partial charge is 0.481 e. The maximum atomic E-state index is 12.7. The standard InChI is InChI=1S/C15H24N2O5S/c1-3-7-16(8-4-2)23(20,21)17-9-5-15(6-10-17)11-13(12-22-15)14(18)19/h3-4,13H,1-2,5-12H2,(H,18,19). The van der Waals surface area contributed by atoms with Crippen molar-refractivity contribution in [1.82, 2.24) is 8.61 Å². The average molecular weight is 344 g/mol. The van der Waals surface area contributed by atoms with E-state index in [2.05, 4.69) is 13.2 Å². The lowest BCUT2D eigenvalue weighted by atomic mass is 9.86. The van der Waals surface area contributed by atoms with E-state index in [0.29, 0.717) is 32.4 Å². The van der Waals surface area contributed by atoms with Crippen LogP contribution in [0.4, 0.5) is 0 Å². The summed E-state index contributed by atoms with van der Waals surface area (Å²) in [6, 6.07) is 0. The first-order chi connectivity index (χ1) is 10.8. The molecule has 2 heterocycles. The predicted molar refractivity (Wildman–Crippen MR) is 86.1 cm³/mol. The van der Waals surface area contributed by atoms with Crippen molar-refractivity contribution >= 4 is 16.2 Å². The molecule has 2 saturated heterocycles. The second kappa shape index (κ2) is 7.12. The molecule has 2 rings (SSSR count). The van der Waals surface area contributed by atoms with E-state index in [1.807, 2.05) is 0 Å². The molecule has 0 aromatic heterocycles. The molecular formula is C15H24N2O5S. The maximum absolute atomic E-state index is 12.7. The van der Waals surface area contributed by atoms with Crippen molar-refractivity contribution in [2.24, 2.45) is 5.92 Å². The topological polar surface area (TPSA) is 87.2 Å². The van der Waals surface area contributed by atoms with Crippen LogP contribution in [0.2, 0.25) is 0 Å². The summed E-state index contributed by atoms with van der Waals surface area (Å²) in [4.78, 5) is 11.1. The molecule has 0 aromatic rings. The van der Waals surface area contributed by atoms with Crippen LogP contribution in [-0.4, -0.2) is 66.5 Å². The summed E-state index contributed by atoms with van der Waals surface area (Å²) in [5, 5.41) is 9.09. The minimum atomic E-state index is -3.57.